The van der Waals surface area contributed by atoms with Crippen molar-refractivity contribution < 1.29 is 19.2 Å². The summed E-state index contributed by atoms with van der Waals surface area (Å²) in [7, 11) is 0. The summed E-state index contributed by atoms with van der Waals surface area (Å²) < 4.78 is 11.9. The van der Waals surface area contributed by atoms with E-state index in [4.69, 9.17) is 19.2 Å². The van der Waals surface area contributed by atoms with Gasteiger partial charge in [0, 0.05) is 0 Å². The maximum Gasteiger partial charge on any atom is 0.211 e. The molecule has 4 heteroatoms. The fraction of sp³-hybridized carbons (Fsp3) is 0.846. The van der Waals surface area contributed by atoms with Crippen molar-refractivity contribution in [2.75, 3.05) is 6.79 Å². The third-order valence-corrected chi connectivity index (χ3v) is 5.87. The molecule has 4 nitrogen and oxygen atoms in total. The molecule has 2 saturated heterocycles. The fourth-order valence-corrected chi connectivity index (χ4v) is 4.15. The molecule has 1 aliphatic carbocycles. The normalized spacial score (nSPS) is 57.5. The van der Waals surface area contributed by atoms with Crippen molar-refractivity contribution in [1.29, 1.82) is 0 Å². The minimum absolute atomic E-state index is 0.101. The van der Waals surface area contributed by atoms with Gasteiger partial charge in [0.25, 0.3) is 0 Å². The lowest BCUT2D eigenvalue weighted by atomic mass is 9.45. The van der Waals surface area contributed by atoms with Crippen LogP contribution in [-0.4, -0.2) is 18.4 Å². The van der Waals surface area contributed by atoms with Gasteiger partial charge in [0.05, 0.1) is 10.8 Å². The summed E-state index contributed by atoms with van der Waals surface area (Å²) in [4.78, 5) is 10.6. The first kappa shape index (κ1) is 11.7. The summed E-state index contributed by atoms with van der Waals surface area (Å²) in [6.07, 6.45) is 0. The van der Waals surface area contributed by atoms with E-state index in [1.54, 1.807) is 0 Å². The monoisotopic (exact) mass is 240 g/mol. The fourth-order valence-electron chi connectivity index (χ4n) is 4.15. The van der Waals surface area contributed by atoms with Crippen LogP contribution in [0.1, 0.15) is 41.5 Å². The lowest BCUT2D eigenvalue weighted by molar-refractivity contribution is -0.433. The van der Waals surface area contributed by atoms with Crippen molar-refractivity contribution in [3.8, 4) is 0 Å². The van der Waals surface area contributed by atoms with Gasteiger partial charge in [0.15, 0.2) is 12.6 Å². The topological polar surface area (TPSA) is 36.9 Å². The first-order valence-electron chi connectivity index (χ1n) is 6.06. The second-order valence-electron chi connectivity index (χ2n) is 5.96. The molecule has 96 valence electrons. The molecule has 0 N–H and O–H groups in total. The van der Waals surface area contributed by atoms with Crippen LogP contribution in [0.4, 0.5) is 0 Å². The molecule has 2 aliphatic heterocycles. The molecule has 2 bridgehead atoms. The lowest BCUT2D eigenvalue weighted by Crippen LogP contribution is -2.61. The SMILES string of the molecule is CC1=C(C)[C@]2(C)[C@]3(C)OOCO[C@@](C)(O3)[C@]12C. The maximum absolute atomic E-state index is 6.12. The Morgan fingerprint density at radius 1 is 0.882 bits per heavy atom. The highest BCUT2D eigenvalue weighted by molar-refractivity contribution is 5.47. The zero-order valence-corrected chi connectivity index (χ0v) is 11.3. The Kier molecular flexibility index (Phi) is 1.90. The van der Waals surface area contributed by atoms with Crippen molar-refractivity contribution in [1.82, 2.24) is 0 Å². The predicted octanol–water partition coefficient (Wildman–Crippen LogP) is 2.75. The molecular weight excluding hydrogens is 220 g/mol. The van der Waals surface area contributed by atoms with Crippen LogP contribution in [0.2, 0.25) is 0 Å². The van der Waals surface area contributed by atoms with Crippen LogP contribution >= 0.6 is 0 Å². The van der Waals surface area contributed by atoms with Crippen LogP contribution in [-0.2, 0) is 19.2 Å². The summed E-state index contributed by atoms with van der Waals surface area (Å²) in [5.74, 6) is -1.49. The summed E-state index contributed by atoms with van der Waals surface area (Å²) in [6.45, 7) is 12.6. The van der Waals surface area contributed by atoms with Crippen molar-refractivity contribution in [2.24, 2.45) is 10.8 Å². The van der Waals surface area contributed by atoms with Gasteiger partial charge in [0.2, 0.25) is 5.79 Å². The first-order valence-corrected chi connectivity index (χ1v) is 6.06. The van der Waals surface area contributed by atoms with Crippen LogP contribution in [0, 0.1) is 10.8 Å². The number of fused-ring (bicyclic) bond motifs is 5. The van der Waals surface area contributed by atoms with E-state index < -0.39 is 11.6 Å². The molecule has 0 aromatic rings. The molecule has 0 radical (unpaired) electrons. The number of hydrogen-bond donors (Lipinski definition) is 0. The van der Waals surface area contributed by atoms with Gasteiger partial charge >= 0.3 is 0 Å². The van der Waals surface area contributed by atoms with Crippen LogP contribution in [0.25, 0.3) is 0 Å². The zero-order chi connectivity index (χ0) is 12.7. The molecule has 0 aromatic carbocycles. The number of ether oxygens (including phenoxy) is 2. The molecule has 0 spiro atoms. The molecule has 2 fully saturated rings. The number of hydrogen-bond acceptors (Lipinski definition) is 4. The minimum Gasteiger partial charge on any atom is -0.320 e. The van der Waals surface area contributed by atoms with E-state index >= 15 is 0 Å². The number of rotatable bonds is 0. The van der Waals surface area contributed by atoms with Crippen molar-refractivity contribution in [2.45, 2.75) is 53.1 Å². The van der Waals surface area contributed by atoms with E-state index in [1.165, 1.54) is 11.1 Å². The summed E-state index contributed by atoms with van der Waals surface area (Å²) in [5.41, 5.74) is 2.24. The van der Waals surface area contributed by atoms with E-state index in [0.717, 1.165) is 0 Å². The van der Waals surface area contributed by atoms with Gasteiger partial charge in [-0.1, -0.05) is 11.1 Å². The van der Waals surface area contributed by atoms with Crippen molar-refractivity contribution in [3.63, 3.8) is 0 Å². The van der Waals surface area contributed by atoms with E-state index in [-0.39, 0.29) is 17.6 Å². The van der Waals surface area contributed by atoms with Crippen molar-refractivity contribution in [3.05, 3.63) is 11.1 Å². The van der Waals surface area contributed by atoms with Crippen LogP contribution in [0.5, 0.6) is 0 Å². The largest absolute Gasteiger partial charge is 0.320 e. The molecule has 2 heterocycles. The second kappa shape index (κ2) is 2.77. The Labute approximate surface area is 102 Å². The van der Waals surface area contributed by atoms with Crippen LogP contribution < -0.4 is 0 Å². The molecule has 0 amide bonds. The summed E-state index contributed by atoms with van der Waals surface area (Å²) in [5, 5.41) is 0. The van der Waals surface area contributed by atoms with E-state index in [2.05, 4.69) is 27.7 Å². The Bertz CT molecular complexity index is 393. The Balaban J connectivity index is 2.26. The second-order valence-corrected chi connectivity index (χ2v) is 5.96. The molecule has 0 unspecified atom stereocenters. The Morgan fingerprint density at radius 2 is 1.41 bits per heavy atom. The van der Waals surface area contributed by atoms with Gasteiger partial charge in [-0.05, 0) is 41.5 Å². The lowest BCUT2D eigenvalue weighted by Gasteiger charge is -2.59. The van der Waals surface area contributed by atoms with E-state index in [0.29, 0.717) is 0 Å². The standard InChI is InChI=1S/C13H20O4/c1-8-9(2)11(4)10(8,3)12(5)14-7-15-17-13(11,6)16-12/h7H2,1-6H3/t10-,11+,12+,13+/m1/s1. The highest BCUT2D eigenvalue weighted by Gasteiger charge is 2.81. The van der Waals surface area contributed by atoms with Crippen LogP contribution in [0.15, 0.2) is 11.1 Å². The van der Waals surface area contributed by atoms with Gasteiger partial charge in [-0.2, -0.15) is 4.89 Å². The van der Waals surface area contributed by atoms with Gasteiger partial charge < -0.3 is 9.47 Å². The highest BCUT2D eigenvalue weighted by Crippen LogP contribution is 2.76. The van der Waals surface area contributed by atoms with E-state index in [1.807, 2.05) is 13.8 Å². The zero-order valence-electron chi connectivity index (χ0n) is 11.3. The summed E-state index contributed by atoms with van der Waals surface area (Å²) in [6, 6.07) is 0. The van der Waals surface area contributed by atoms with Crippen molar-refractivity contribution >= 4 is 0 Å². The van der Waals surface area contributed by atoms with E-state index in [9.17, 15) is 0 Å². The smallest absolute Gasteiger partial charge is 0.211 e. The quantitative estimate of drug-likeness (QED) is 0.482. The molecule has 3 aliphatic rings. The maximum atomic E-state index is 6.12. The Hall–Kier alpha value is -0.420. The molecule has 17 heavy (non-hydrogen) atoms. The van der Waals surface area contributed by atoms with Crippen LogP contribution in [0.3, 0.4) is 0 Å². The molecule has 0 aromatic heterocycles. The average molecular weight is 240 g/mol. The Morgan fingerprint density at radius 3 is 2.00 bits per heavy atom. The first-order chi connectivity index (χ1) is 7.73. The predicted molar refractivity (Wildman–Crippen MR) is 60.6 cm³/mol. The van der Waals surface area contributed by atoms with Gasteiger partial charge in [-0.3, -0.25) is 0 Å². The highest BCUT2D eigenvalue weighted by atomic mass is 17.3. The third kappa shape index (κ3) is 0.867. The molecule has 4 atom stereocenters. The third-order valence-electron chi connectivity index (χ3n) is 5.87. The van der Waals surface area contributed by atoms with Gasteiger partial charge in [-0.15, -0.1) is 0 Å². The summed E-state index contributed by atoms with van der Waals surface area (Å²) >= 11 is 0. The minimum atomic E-state index is -0.795. The average Bonchev–Trinajstić information content (AvgIpc) is 2.41. The molecule has 3 rings (SSSR count). The molecular formula is C13H20O4. The van der Waals surface area contributed by atoms with Gasteiger partial charge in [0.1, 0.15) is 0 Å². The molecule has 0 saturated carbocycles. The van der Waals surface area contributed by atoms with Gasteiger partial charge in [-0.25, -0.2) is 4.89 Å².